The molecule has 3 aromatic carbocycles. The molecule has 5 rings (SSSR count). The highest BCUT2D eigenvalue weighted by molar-refractivity contribution is 5.72. The summed E-state index contributed by atoms with van der Waals surface area (Å²) >= 11 is 0. The van der Waals surface area contributed by atoms with Crippen LogP contribution >= 0.6 is 0 Å². The molecule has 1 fully saturated rings. The van der Waals surface area contributed by atoms with Gasteiger partial charge in [-0.25, -0.2) is 0 Å². The maximum Gasteiger partial charge on any atom is 0.125 e. The van der Waals surface area contributed by atoms with Crippen LogP contribution in [0.25, 0.3) is 5.57 Å². The number of allylic oxidation sites excluding steroid dienone is 1. The number of para-hydroxylation sites is 1. The molecule has 0 spiro atoms. The number of nitrogens with zero attached hydrogens (tertiary/aromatic N) is 2. The van der Waals surface area contributed by atoms with E-state index in [0.717, 1.165) is 69.0 Å². The van der Waals surface area contributed by atoms with Gasteiger partial charge in [-0.2, -0.15) is 0 Å². The van der Waals surface area contributed by atoms with Crippen molar-refractivity contribution in [2.75, 3.05) is 44.7 Å². The molecule has 0 unspecified atom stereocenters. The van der Waals surface area contributed by atoms with Crippen molar-refractivity contribution in [1.29, 1.82) is 0 Å². The van der Waals surface area contributed by atoms with Gasteiger partial charge in [0.05, 0.1) is 7.11 Å². The Morgan fingerprint density at radius 1 is 0.868 bits per heavy atom. The van der Waals surface area contributed by atoms with E-state index in [4.69, 9.17) is 9.47 Å². The van der Waals surface area contributed by atoms with Gasteiger partial charge in [0.1, 0.15) is 18.1 Å². The third-order valence-electron chi connectivity index (χ3n) is 8.01. The Morgan fingerprint density at radius 3 is 2.39 bits per heavy atom. The largest absolute Gasteiger partial charge is 0.496 e. The molecule has 3 aromatic rings. The summed E-state index contributed by atoms with van der Waals surface area (Å²) in [6.07, 6.45) is 3.27. The molecule has 2 aliphatic rings. The predicted molar refractivity (Wildman–Crippen MR) is 158 cm³/mol. The highest BCUT2D eigenvalue weighted by Crippen LogP contribution is 2.34. The third-order valence-corrected chi connectivity index (χ3v) is 8.01. The second-order valence-corrected chi connectivity index (χ2v) is 11.2. The van der Waals surface area contributed by atoms with Crippen LogP contribution in [0.3, 0.4) is 0 Å². The molecule has 1 aliphatic heterocycles. The van der Waals surface area contributed by atoms with Crippen molar-refractivity contribution >= 4 is 11.3 Å². The van der Waals surface area contributed by atoms with E-state index in [1.165, 1.54) is 28.0 Å². The first-order valence-corrected chi connectivity index (χ1v) is 14.1. The highest BCUT2D eigenvalue weighted by atomic mass is 16.5. The van der Waals surface area contributed by atoms with Gasteiger partial charge in [0.15, 0.2) is 0 Å². The number of ether oxygens (including phenoxy) is 2. The molecule has 200 valence electrons. The molecule has 0 N–H and O–H groups in total. The van der Waals surface area contributed by atoms with Crippen LogP contribution in [0.15, 0.2) is 72.3 Å². The van der Waals surface area contributed by atoms with Crippen LogP contribution in [0.1, 0.15) is 49.4 Å². The van der Waals surface area contributed by atoms with Crippen LogP contribution in [-0.4, -0.2) is 44.7 Å². The zero-order chi connectivity index (χ0) is 26.5. The smallest absolute Gasteiger partial charge is 0.125 e. The van der Waals surface area contributed by atoms with Crippen LogP contribution in [0.4, 0.5) is 5.69 Å². The topological polar surface area (TPSA) is 24.9 Å². The minimum atomic E-state index is 0.513. The summed E-state index contributed by atoms with van der Waals surface area (Å²) in [6, 6.07) is 23.9. The normalized spacial score (nSPS) is 16.1. The van der Waals surface area contributed by atoms with E-state index in [-0.39, 0.29) is 0 Å². The monoisotopic (exact) mass is 510 g/mol. The van der Waals surface area contributed by atoms with E-state index in [0.29, 0.717) is 12.5 Å². The fraction of sp³-hybridized carbons (Fsp3) is 0.412. The molecule has 0 radical (unpaired) electrons. The van der Waals surface area contributed by atoms with Gasteiger partial charge in [-0.3, -0.25) is 4.90 Å². The summed E-state index contributed by atoms with van der Waals surface area (Å²) in [5.41, 5.74) is 9.56. The van der Waals surface area contributed by atoms with E-state index < -0.39 is 0 Å². The third kappa shape index (κ3) is 6.24. The molecule has 0 bridgehead atoms. The molecule has 38 heavy (non-hydrogen) atoms. The SMILES string of the molecule is COc1cc(CC(C)C)ccc1COc1ccc2c(c1)CCC(CN1CCN(c3ccccc3)CC1)=C2C. The summed E-state index contributed by atoms with van der Waals surface area (Å²) in [7, 11) is 1.74. The molecule has 1 aliphatic carbocycles. The maximum absolute atomic E-state index is 6.24. The number of fused-ring (bicyclic) bond motifs is 1. The van der Waals surface area contributed by atoms with Gasteiger partial charge in [-0.05, 0) is 84.7 Å². The average Bonchev–Trinajstić information content (AvgIpc) is 2.94. The minimum absolute atomic E-state index is 0.513. The van der Waals surface area contributed by atoms with E-state index in [1.54, 1.807) is 12.7 Å². The van der Waals surface area contributed by atoms with Crippen molar-refractivity contribution < 1.29 is 9.47 Å². The van der Waals surface area contributed by atoms with Crippen molar-refractivity contribution in [2.24, 2.45) is 5.92 Å². The molecule has 4 nitrogen and oxygen atoms in total. The van der Waals surface area contributed by atoms with Gasteiger partial charge >= 0.3 is 0 Å². The van der Waals surface area contributed by atoms with Crippen molar-refractivity contribution in [3.05, 3.63) is 94.6 Å². The molecular weight excluding hydrogens is 468 g/mol. The van der Waals surface area contributed by atoms with Crippen molar-refractivity contribution in [3.8, 4) is 11.5 Å². The lowest BCUT2D eigenvalue weighted by molar-refractivity contribution is 0.276. The summed E-state index contributed by atoms with van der Waals surface area (Å²) in [5, 5.41) is 0. The Kier molecular flexibility index (Phi) is 8.38. The molecule has 1 saturated heterocycles. The van der Waals surface area contributed by atoms with E-state index in [2.05, 4.69) is 97.3 Å². The van der Waals surface area contributed by atoms with Crippen LogP contribution in [-0.2, 0) is 19.4 Å². The molecule has 4 heteroatoms. The average molecular weight is 511 g/mol. The number of anilines is 1. The van der Waals surface area contributed by atoms with Crippen LogP contribution in [0, 0.1) is 5.92 Å². The number of benzene rings is 3. The molecule has 1 heterocycles. The zero-order valence-electron chi connectivity index (χ0n) is 23.5. The molecule has 0 amide bonds. The van der Waals surface area contributed by atoms with Crippen LogP contribution in [0.5, 0.6) is 11.5 Å². The molecule has 0 aromatic heterocycles. The number of hydrogen-bond donors (Lipinski definition) is 0. The number of methoxy groups -OCH3 is 1. The van der Waals surface area contributed by atoms with Crippen molar-refractivity contribution in [3.63, 3.8) is 0 Å². The van der Waals surface area contributed by atoms with Crippen LogP contribution in [0.2, 0.25) is 0 Å². The predicted octanol–water partition coefficient (Wildman–Crippen LogP) is 7.01. The lowest BCUT2D eigenvalue weighted by atomic mass is 9.86. The quantitative estimate of drug-likeness (QED) is 0.309. The summed E-state index contributed by atoms with van der Waals surface area (Å²) in [4.78, 5) is 5.13. The first kappa shape index (κ1) is 26.4. The summed E-state index contributed by atoms with van der Waals surface area (Å²) in [6.45, 7) is 12.8. The molecule has 0 atom stereocenters. The van der Waals surface area contributed by atoms with Gasteiger partial charge in [0, 0.05) is 44.0 Å². The van der Waals surface area contributed by atoms with E-state index >= 15 is 0 Å². The second-order valence-electron chi connectivity index (χ2n) is 11.2. The Balaban J connectivity index is 1.20. The lowest BCUT2D eigenvalue weighted by Gasteiger charge is -2.37. The number of piperazine rings is 1. The first-order valence-electron chi connectivity index (χ1n) is 14.1. The lowest BCUT2D eigenvalue weighted by Crippen LogP contribution is -2.47. The van der Waals surface area contributed by atoms with Gasteiger partial charge in [0.2, 0.25) is 0 Å². The number of hydrogen-bond acceptors (Lipinski definition) is 4. The number of rotatable bonds is 9. The highest BCUT2D eigenvalue weighted by Gasteiger charge is 2.22. The van der Waals surface area contributed by atoms with Crippen molar-refractivity contribution in [1.82, 2.24) is 4.90 Å². The van der Waals surface area contributed by atoms with Gasteiger partial charge in [-0.15, -0.1) is 0 Å². The first-order chi connectivity index (χ1) is 18.5. The Labute approximate surface area is 228 Å². The van der Waals surface area contributed by atoms with Crippen LogP contribution < -0.4 is 14.4 Å². The van der Waals surface area contributed by atoms with Crippen molar-refractivity contribution in [2.45, 2.75) is 46.6 Å². The minimum Gasteiger partial charge on any atom is -0.496 e. The van der Waals surface area contributed by atoms with E-state index in [1.807, 2.05) is 0 Å². The fourth-order valence-electron chi connectivity index (χ4n) is 5.83. The molecular formula is C34H42N2O2. The molecule has 0 saturated carbocycles. The summed E-state index contributed by atoms with van der Waals surface area (Å²) in [5.74, 6) is 2.47. The Bertz CT molecular complexity index is 1260. The van der Waals surface area contributed by atoms with E-state index in [9.17, 15) is 0 Å². The Hall–Kier alpha value is -3.24. The fourth-order valence-corrected chi connectivity index (χ4v) is 5.83. The zero-order valence-corrected chi connectivity index (χ0v) is 23.5. The maximum atomic E-state index is 6.24. The summed E-state index contributed by atoms with van der Waals surface area (Å²) < 4.78 is 11.9. The second kappa shape index (κ2) is 12.1. The van der Waals surface area contributed by atoms with Gasteiger partial charge < -0.3 is 14.4 Å². The van der Waals surface area contributed by atoms with Gasteiger partial charge in [0.25, 0.3) is 0 Å². The Morgan fingerprint density at radius 2 is 1.66 bits per heavy atom. The van der Waals surface area contributed by atoms with Gasteiger partial charge in [-0.1, -0.05) is 55.8 Å². The number of aryl methyl sites for hydroxylation is 1. The standard InChI is InChI=1S/C34H42N2O2/c1-25(2)20-27-10-11-30(34(21-27)37-4)24-38-32-14-15-33-26(3)29(13-12-28(33)22-32)23-35-16-18-36(19-17-35)31-8-6-5-7-9-31/h5-11,14-15,21-22,25H,12-13,16-20,23-24H2,1-4H3.